The molecule has 8 heteroatoms. The van der Waals surface area contributed by atoms with Crippen LogP contribution in [0, 0.1) is 16.0 Å². The van der Waals surface area contributed by atoms with Crippen molar-refractivity contribution in [3.8, 4) is 0 Å². The van der Waals surface area contributed by atoms with Crippen molar-refractivity contribution in [1.82, 2.24) is 10.3 Å². The van der Waals surface area contributed by atoms with Gasteiger partial charge in [-0.1, -0.05) is 17.7 Å². The standard InChI is InChI=1S/C18H19ClN4O3/c19-15-5-4-14(11-16(15)23(25)26)18(24)21-12-13-6-9-22(10-7-13)17-3-1-2-8-20-17/h1-5,8,11,13H,6-7,9-10,12H2,(H,21,24). The Labute approximate surface area is 156 Å². The Balaban J connectivity index is 1.51. The van der Waals surface area contributed by atoms with E-state index in [1.54, 1.807) is 6.20 Å². The number of piperidine rings is 1. The Hall–Kier alpha value is -2.67. The maximum Gasteiger partial charge on any atom is 0.288 e. The van der Waals surface area contributed by atoms with E-state index in [9.17, 15) is 14.9 Å². The van der Waals surface area contributed by atoms with Gasteiger partial charge in [-0.2, -0.15) is 0 Å². The number of nitrogens with one attached hydrogen (secondary N) is 1. The molecule has 0 aliphatic carbocycles. The molecular formula is C18H19ClN4O3. The molecule has 0 radical (unpaired) electrons. The molecule has 1 aliphatic heterocycles. The van der Waals surface area contributed by atoms with E-state index < -0.39 is 4.92 Å². The van der Waals surface area contributed by atoms with E-state index in [1.807, 2.05) is 18.2 Å². The van der Waals surface area contributed by atoms with E-state index in [2.05, 4.69) is 15.2 Å². The van der Waals surface area contributed by atoms with Crippen molar-refractivity contribution in [3.05, 3.63) is 63.3 Å². The zero-order valence-corrected chi connectivity index (χ0v) is 14.9. The number of nitro groups is 1. The van der Waals surface area contributed by atoms with Gasteiger partial charge in [-0.05, 0) is 43.0 Å². The summed E-state index contributed by atoms with van der Waals surface area (Å²) in [7, 11) is 0. The second-order valence-electron chi connectivity index (χ2n) is 6.25. The first-order chi connectivity index (χ1) is 12.5. The molecule has 1 aromatic carbocycles. The van der Waals surface area contributed by atoms with E-state index in [0.29, 0.717) is 12.5 Å². The number of hydrogen-bond acceptors (Lipinski definition) is 5. The first-order valence-corrected chi connectivity index (χ1v) is 8.80. The predicted molar refractivity (Wildman–Crippen MR) is 99.6 cm³/mol. The van der Waals surface area contributed by atoms with Crippen LogP contribution in [0.3, 0.4) is 0 Å². The summed E-state index contributed by atoms with van der Waals surface area (Å²) in [5.41, 5.74) is -0.0185. The second-order valence-corrected chi connectivity index (χ2v) is 6.66. The van der Waals surface area contributed by atoms with Gasteiger partial charge in [0.25, 0.3) is 11.6 Å². The van der Waals surface area contributed by atoms with Crippen molar-refractivity contribution in [3.63, 3.8) is 0 Å². The number of aromatic nitrogens is 1. The summed E-state index contributed by atoms with van der Waals surface area (Å²) in [6.45, 7) is 2.33. The number of nitrogens with zero attached hydrogens (tertiary/aromatic N) is 3. The van der Waals surface area contributed by atoms with E-state index in [1.165, 1.54) is 18.2 Å². The summed E-state index contributed by atoms with van der Waals surface area (Å²) in [5, 5.41) is 13.8. The van der Waals surface area contributed by atoms with Gasteiger partial charge < -0.3 is 10.2 Å². The molecule has 136 valence electrons. The second kappa shape index (κ2) is 8.14. The predicted octanol–water partition coefficient (Wildman–Crippen LogP) is 3.29. The van der Waals surface area contributed by atoms with Crippen LogP contribution in [0.15, 0.2) is 42.6 Å². The largest absolute Gasteiger partial charge is 0.357 e. The molecular weight excluding hydrogens is 356 g/mol. The van der Waals surface area contributed by atoms with E-state index in [-0.39, 0.29) is 22.2 Å². The maximum atomic E-state index is 12.3. The summed E-state index contributed by atoms with van der Waals surface area (Å²) in [6, 6.07) is 9.94. The molecule has 0 spiro atoms. The van der Waals surface area contributed by atoms with Gasteiger partial charge >= 0.3 is 0 Å². The minimum absolute atomic E-state index is 0.0217. The molecule has 0 unspecified atom stereocenters. The normalized spacial score (nSPS) is 14.9. The molecule has 2 heterocycles. The molecule has 1 saturated heterocycles. The van der Waals surface area contributed by atoms with Crippen LogP contribution in [0.5, 0.6) is 0 Å². The third kappa shape index (κ3) is 4.29. The van der Waals surface area contributed by atoms with Crippen molar-refractivity contribution in [2.45, 2.75) is 12.8 Å². The van der Waals surface area contributed by atoms with Crippen LogP contribution in [0.1, 0.15) is 23.2 Å². The van der Waals surface area contributed by atoms with Crippen LogP contribution in [0.4, 0.5) is 11.5 Å². The van der Waals surface area contributed by atoms with Crippen LogP contribution in [0.25, 0.3) is 0 Å². The Kier molecular flexibility index (Phi) is 5.68. The molecule has 3 rings (SSSR count). The Morgan fingerprint density at radius 1 is 1.31 bits per heavy atom. The minimum atomic E-state index is -0.591. The lowest BCUT2D eigenvalue weighted by Gasteiger charge is -2.32. The number of halogens is 1. The highest BCUT2D eigenvalue weighted by Crippen LogP contribution is 2.25. The summed E-state index contributed by atoms with van der Waals surface area (Å²) >= 11 is 5.78. The summed E-state index contributed by atoms with van der Waals surface area (Å²) in [6.07, 6.45) is 3.70. The van der Waals surface area contributed by atoms with E-state index >= 15 is 0 Å². The number of pyridine rings is 1. The lowest BCUT2D eigenvalue weighted by Crippen LogP contribution is -2.39. The van der Waals surface area contributed by atoms with E-state index in [0.717, 1.165) is 31.7 Å². The van der Waals surface area contributed by atoms with Gasteiger partial charge in [-0.15, -0.1) is 0 Å². The molecule has 1 amide bonds. The monoisotopic (exact) mass is 374 g/mol. The highest BCUT2D eigenvalue weighted by atomic mass is 35.5. The van der Waals surface area contributed by atoms with Gasteiger partial charge in [-0.25, -0.2) is 4.98 Å². The van der Waals surface area contributed by atoms with Crippen LogP contribution in [-0.2, 0) is 0 Å². The fraction of sp³-hybridized carbons (Fsp3) is 0.333. The molecule has 1 fully saturated rings. The zero-order valence-electron chi connectivity index (χ0n) is 14.1. The fourth-order valence-electron chi connectivity index (χ4n) is 3.04. The van der Waals surface area contributed by atoms with Crippen molar-refractivity contribution in [2.75, 3.05) is 24.5 Å². The number of rotatable bonds is 5. The van der Waals surface area contributed by atoms with Crippen LogP contribution in [0.2, 0.25) is 5.02 Å². The molecule has 0 saturated carbocycles. The molecule has 0 bridgehead atoms. The van der Waals surface area contributed by atoms with Crippen LogP contribution in [-0.4, -0.2) is 35.4 Å². The summed E-state index contributed by atoms with van der Waals surface area (Å²) in [4.78, 5) is 29.2. The van der Waals surface area contributed by atoms with Gasteiger partial charge in [0.1, 0.15) is 10.8 Å². The minimum Gasteiger partial charge on any atom is -0.357 e. The van der Waals surface area contributed by atoms with Crippen molar-refractivity contribution < 1.29 is 9.72 Å². The fourth-order valence-corrected chi connectivity index (χ4v) is 3.23. The van der Waals surface area contributed by atoms with Crippen molar-refractivity contribution >= 4 is 29.0 Å². The summed E-state index contributed by atoms with van der Waals surface area (Å²) in [5.74, 6) is 1.03. The Bertz CT molecular complexity index is 792. The number of benzene rings is 1. The highest BCUT2D eigenvalue weighted by molar-refractivity contribution is 6.32. The smallest absolute Gasteiger partial charge is 0.288 e. The Morgan fingerprint density at radius 3 is 2.73 bits per heavy atom. The molecule has 7 nitrogen and oxygen atoms in total. The molecule has 1 aromatic heterocycles. The van der Waals surface area contributed by atoms with Crippen LogP contribution < -0.4 is 10.2 Å². The zero-order chi connectivity index (χ0) is 18.5. The van der Waals surface area contributed by atoms with Gasteiger partial charge in [0.2, 0.25) is 0 Å². The SMILES string of the molecule is O=C(NCC1CCN(c2ccccn2)CC1)c1ccc(Cl)c([N+](=O)[O-])c1. The molecule has 26 heavy (non-hydrogen) atoms. The number of nitro benzene ring substituents is 1. The topological polar surface area (TPSA) is 88.4 Å². The highest BCUT2D eigenvalue weighted by Gasteiger charge is 2.21. The van der Waals surface area contributed by atoms with Gasteiger partial charge in [0.05, 0.1) is 4.92 Å². The number of anilines is 1. The number of hydrogen-bond donors (Lipinski definition) is 1. The van der Waals surface area contributed by atoms with Gasteiger partial charge in [0.15, 0.2) is 0 Å². The number of carbonyl (C=O) groups excluding carboxylic acids is 1. The quantitative estimate of drug-likeness (QED) is 0.640. The van der Waals surface area contributed by atoms with E-state index in [4.69, 9.17) is 11.6 Å². The van der Waals surface area contributed by atoms with Crippen molar-refractivity contribution in [1.29, 1.82) is 0 Å². The lowest BCUT2D eigenvalue weighted by atomic mass is 9.96. The molecule has 0 atom stereocenters. The lowest BCUT2D eigenvalue weighted by molar-refractivity contribution is -0.384. The molecule has 2 aromatic rings. The maximum absolute atomic E-state index is 12.3. The number of carbonyl (C=O) groups is 1. The third-order valence-corrected chi connectivity index (χ3v) is 4.86. The number of amides is 1. The average molecular weight is 375 g/mol. The Morgan fingerprint density at radius 2 is 2.08 bits per heavy atom. The van der Waals surface area contributed by atoms with Crippen LogP contribution >= 0.6 is 11.6 Å². The first-order valence-electron chi connectivity index (χ1n) is 8.42. The molecule has 1 N–H and O–H groups in total. The van der Waals surface area contributed by atoms with Gasteiger partial charge in [-0.3, -0.25) is 14.9 Å². The summed E-state index contributed by atoms with van der Waals surface area (Å²) < 4.78 is 0. The molecule has 1 aliphatic rings. The van der Waals surface area contributed by atoms with Gasteiger partial charge in [0, 0.05) is 37.5 Å². The van der Waals surface area contributed by atoms with Crippen molar-refractivity contribution in [2.24, 2.45) is 5.92 Å². The third-order valence-electron chi connectivity index (χ3n) is 4.54. The first kappa shape index (κ1) is 18.1. The average Bonchev–Trinajstić information content (AvgIpc) is 2.67.